The van der Waals surface area contributed by atoms with Crippen molar-refractivity contribution in [2.24, 2.45) is 0 Å². The average Bonchev–Trinajstić information content (AvgIpc) is 1.85. The van der Waals surface area contributed by atoms with Crippen LogP contribution in [-0.2, 0) is 0 Å². The van der Waals surface area contributed by atoms with Crippen molar-refractivity contribution in [1.29, 1.82) is 0 Å². The van der Waals surface area contributed by atoms with Crippen LogP contribution < -0.4 is 0 Å². The Hall–Kier alpha value is -0.310. The standard InChI is InChI=1S/C7H7Cl2NO/c1-4(11)6-5(8)2-3-10-7(6)9/h2-4,11H,1H3/t4-/m0/s1. The molecule has 2 nitrogen and oxygen atoms in total. The fourth-order valence-corrected chi connectivity index (χ4v) is 1.47. The summed E-state index contributed by atoms with van der Waals surface area (Å²) in [6.45, 7) is 1.59. The summed E-state index contributed by atoms with van der Waals surface area (Å²) in [5, 5.41) is 9.88. The highest BCUT2D eigenvalue weighted by atomic mass is 35.5. The Morgan fingerprint density at radius 1 is 1.55 bits per heavy atom. The lowest BCUT2D eigenvalue weighted by atomic mass is 10.2. The molecule has 0 aliphatic rings. The fourth-order valence-electron chi connectivity index (χ4n) is 0.798. The van der Waals surface area contributed by atoms with Gasteiger partial charge in [0.2, 0.25) is 0 Å². The van der Waals surface area contributed by atoms with Gasteiger partial charge in [0.05, 0.1) is 11.1 Å². The molecular formula is C7H7Cl2NO. The molecular weight excluding hydrogens is 185 g/mol. The van der Waals surface area contributed by atoms with Gasteiger partial charge in [0, 0.05) is 11.8 Å². The van der Waals surface area contributed by atoms with Crippen LogP contribution in [0.1, 0.15) is 18.6 Å². The second-order valence-electron chi connectivity index (χ2n) is 2.17. The third kappa shape index (κ3) is 1.83. The van der Waals surface area contributed by atoms with Gasteiger partial charge in [0.25, 0.3) is 0 Å². The van der Waals surface area contributed by atoms with Crippen molar-refractivity contribution >= 4 is 23.2 Å². The number of hydrogen-bond donors (Lipinski definition) is 1. The lowest BCUT2D eigenvalue weighted by Gasteiger charge is -2.07. The van der Waals surface area contributed by atoms with Crippen molar-refractivity contribution in [2.45, 2.75) is 13.0 Å². The number of rotatable bonds is 1. The average molecular weight is 192 g/mol. The van der Waals surface area contributed by atoms with Gasteiger partial charge in [-0.25, -0.2) is 4.98 Å². The predicted molar refractivity (Wildman–Crippen MR) is 44.9 cm³/mol. The fraction of sp³-hybridized carbons (Fsp3) is 0.286. The molecule has 0 saturated heterocycles. The van der Waals surface area contributed by atoms with E-state index in [0.29, 0.717) is 10.6 Å². The van der Waals surface area contributed by atoms with Crippen LogP contribution in [0.2, 0.25) is 10.2 Å². The van der Waals surface area contributed by atoms with Crippen molar-refractivity contribution in [3.8, 4) is 0 Å². The number of hydrogen-bond acceptors (Lipinski definition) is 2. The van der Waals surface area contributed by atoms with E-state index in [4.69, 9.17) is 23.2 Å². The first-order chi connectivity index (χ1) is 5.13. The second-order valence-corrected chi connectivity index (χ2v) is 2.94. The summed E-state index contributed by atoms with van der Waals surface area (Å²) in [5.41, 5.74) is 0.482. The van der Waals surface area contributed by atoms with Gasteiger partial charge < -0.3 is 5.11 Å². The van der Waals surface area contributed by atoms with Crippen molar-refractivity contribution in [2.75, 3.05) is 0 Å². The number of nitrogens with zero attached hydrogens (tertiary/aromatic N) is 1. The van der Waals surface area contributed by atoms with E-state index in [1.807, 2.05) is 0 Å². The number of aliphatic hydroxyl groups is 1. The van der Waals surface area contributed by atoms with E-state index in [0.717, 1.165) is 0 Å². The lowest BCUT2D eigenvalue weighted by Crippen LogP contribution is -1.94. The van der Waals surface area contributed by atoms with Crippen LogP contribution in [0.5, 0.6) is 0 Å². The van der Waals surface area contributed by atoms with Crippen molar-refractivity contribution in [1.82, 2.24) is 4.98 Å². The Balaban J connectivity index is 3.21. The van der Waals surface area contributed by atoms with Gasteiger partial charge >= 0.3 is 0 Å². The van der Waals surface area contributed by atoms with Gasteiger partial charge in [-0.2, -0.15) is 0 Å². The summed E-state index contributed by atoms with van der Waals surface area (Å²) in [4.78, 5) is 3.78. The van der Waals surface area contributed by atoms with Gasteiger partial charge in [-0.1, -0.05) is 23.2 Å². The molecule has 1 aromatic rings. The summed E-state index contributed by atoms with van der Waals surface area (Å²) in [7, 11) is 0. The minimum absolute atomic E-state index is 0.257. The first-order valence-corrected chi connectivity index (χ1v) is 3.86. The molecule has 1 aromatic heterocycles. The molecule has 0 unspecified atom stereocenters. The molecule has 0 aliphatic heterocycles. The van der Waals surface area contributed by atoms with E-state index in [2.05, 4.69) is 4.98 Å². The Bertz CT molecular complexity index is 242. The molecule has 1 rings (SSSR count). The maximum Gasteiger partial charge on any atom is 0.136 e. The molecule has 60 valence electrons. The van der Waals surface area contributed by atoms with Gasteiger partial charge in [0.15, 0.2) is 0 Å². The molecule has 0 fully saturated rings. The normalized spacial score (nSPS) is 13.1. The van der Waals surface area contributed by atoms with Gasteiger partial charge in [0.1, 0.15) is 5.15 Å². The van der Waals surface area contributed by atoms with Gasteiger partial charge in [-0.3, -0.25) is 0 Å². The zero-order valence-corrected chi connectivity index (χ0v) is 7.39. The largest absolute Gasteiger partial charge is 0.389 e. The monoisotopic (exact) mass is 191 g/mol. The highest BCUT2D eigenvalue weighted by molar-refractivity contribution is 6.35. The van der Waals surface area contributed by atoms with Gasteiger partial charge in [-0.15, -0.1) is 0 Å². The Morgan fingerprint density at radius 3 is 2.55 bits per heavy atom. The SMILES string of the molecule is C[C@H](O)c1c(Cl)ccnc1Cl. The maximum atomic E-state index is 9.18. The van der Waals surface area contributed by atoms with Crippen LogP contribution in [-0.4, -0.2) is 10.1 Å². The molecule has 1 heterocycles. The first kappa shape index (κ1) is 8.78. The Kier molecular flexibility index (Phi) is 2.71. The van der Waals surface area contributed by atoms with Crippen molar-refractivity contribution < 1.29 is 5.11 Å². The highest BCUT2D eigenvalue weighted by Crippen LogP contribution is 2.27. The molecule has 0 saturated carbocycles. The summed E-state index contributed by atoms with van der Waals surface area (Å²) < 4.78 is 0. The smallest absolute Gasteiger partial charge is 0.136 e. The lowest BCUT2D eigenvalue weighted by molar-refractivity contribution is 0.199. The molecule has 0 spiro atoms. The van der Waals surface area contributed by atoms with Gasteiger partial charge in [-0.05, 0) is 13.0 Å². The molecule has 4 heteroatoms. The van der Waals surface area contributed by atoms with Crippen LogP contribution >= 0.6 is 23.2 Å². The third-order valence-corrected chi connectivity index (χ3v) is 1.94. The van der Waals surface area contributed by atoms with Crippen LogP contribution in [0.3, 0.4) is 0 Å². The summed E-state index contributed by atoms with van der Waals surface area (Å²) in [6.07, 6.45) is 0.819. The molecule has 0 radical (unpaired) electrons. The van der Waals surface area contributed by atoms with E-state index in [1.165, 1.54) is 6.20 Å². The van der Waals surface area contributed by atoms with Crippen molar-refractivity contribution in [3.05, 3.63) is 28.0 Å². The third-order valence-electron chi connectivity index (χ3n) is 1.31. The second kappa shape index (κ2) is 3.39. The van der Waals surface area contributed by atoms with E-state index in [-0.39, 0.29) is 5.15 Å². The Morgan fingerprint density at radius 2 is 2.18 bits per heavy atom. The molecule has 0 aromatic carbocycles. The highest BCUT2D eigenvalue weighted by Gasteiger charge is 2.10. The van der Waals surface area contributed by atoms with Crippen LogP contribution in [0, 0.1) is 0 Å². The maximum absolute atomic E-state index is 9.18. The van der Waals surface area contributed by atoms with Crippen molar-refractivity contribution in [3.63, 3.8) is 0 Å². The zero-order chi connectivity index (χ0) is 8.43. The Labute approximate surface area is 74.8 Å². The summed E-state index contributed by atoms with van der Waals surface area (Å²) in [5.74, 6) is 0. The summed E-state index contributed by atoms with van der Waals surface area (Å²) in [6, 6.07) is 1.59. The van der Waals surface area contributed by atoms with E-state index >= 15 is 0 Å². The van der Waals surface area contributed by atoms with E-state index in [1.54, 1.807) is 13.0 Å². The molecule has 11 heavy (non-hydrogen) atoms. The van der Waals surface area contributed by atoms with Crippen LogP contribution in [0.15, 0.2) is 12.3 Å². The van der Waals surface area contributed by atoms with Crippen LogP contribution in [0.4, 0.5) is 0 Å². The molecule has 1 N–H and O–H groups in total. The number of aromatic nitrogens is 1. The number of halogens is 2. The number of pyridine rings is 1. The molecule has 0 bridgehead atoms. The minimum Gasteiger partial charge on any atom is -0.389 e. The minimum atomic E-state index is -0.677. The molecule has 1 atom stereocenters. The quantitative estimate of drug-likeness (QED) is 0.693. The van der Waals surface area contributed by atoms with E-state index < -0.39 is 6.10 Å². The molecule has 0 aliphatic carbocycles. The van der Waals surface area contributed by atoms with E-state index in [9.17, 15) is 5.11 Å². The summed E-state index contributed by atoms with van der Waals surface area (Å²) >= 11 is 11.4. The molecule has 0 amide bonds. The zero-order valence-electron chi connectivity index (χ0n) is 5.88. The first-order valence-electron chi connectivity index (χ1n) is 3.11. The van der Waals surface area contributed by atoms with Crippen LogP contribution in [0.25, 0.3) is 0 Å². The topological polar surface area (TPSA) is 33.1 Å². The number of aliphatic hydroxyl groups excluding tert-OH is 1. The predicted octanol–water partition coefficient (Wildman–Crippen LogP) is 2.44.